The van der Waals surface area contributed by atoms with Crippen molar-refractivity contribution in [1.82, 2.24) is 10.2 Å². The Labute approximate surface area is 110 Å². The van der Waals surface area contributed by atoms with Crippen molar-refractivity contribution in [2.24, 2.45) is 0 Å². The van der Waals surface area contributed by atoms with Gasteiger partial charge in [0.05, 0.1) is 6.04 Å². The van der Waals surface area contributed by atoms with E-state index in [1.165, 1.54) is 0 Å². The lowest BCUT2D eigenvalue weighted by atomic mass is 9.90. The molecule has 2 fully saturated rings. The van der Waals surface area contributed by atoms with Crippen LogP contribution in [-0.2, 0) is 4.79 Å². The van der Waals surface area contributed by atoms with Crippen LogP contribution in [0.2, 0.25) is 0 Å². The maximum atomic E-state index is 12.6. The Kier molecular flexibility index (Phi) is 3.79. The molecule has 2 rings (SSSR count). The monoisotopic (exact) mass is 280 g/mol. The zero-order valence-electron chi connectivity index (χ0n) is 10.8. The van der Waals surface area contributed by atoms with Crippen molar-refractivity contribution in [3.8, 4) is 0 Å². The lowest BCUT2D eigenvalue weighted by molar-refractivity contribution is -0.273. The minimum Gasteiger partial charge on any atom is -0.380 e. The maximum Gasteiger partial charge on any atom is 0.417 e. The van der Waals surface area contributed by atoms with E-state index >= 15 is 0 Å². The van der Waals surface area contributed by atoms with E-state index in [4.69, 9.17) is 0 Å². The Morgan fingerprint density at radius 2 is 1.89 bits per heavy atom. The van der Waals surface area contributed by atoms with Crippen molar-refractivity contribution >= 4 is 5.91 Å². The average Bonchev–Trinajstić information content (AvgIpc) is 3.11. The van der Waals surface area contributed by atoms with Gasteiger partial charge in [-0.25, -0.2) is 0 Å². The van der Waals surface area contributed by atoms with Crippen LogP contribution in [0.5, 0.6) is 0 Å². The first-order valence-corrected chi connectivity index (χ1v) is 6.56. The fraction of sp³-hybridized carbons (Fsp3) is 0.917. The molecule has 1 aliphatic carbocycles. The number of rotatable bonds is 3. The molecule has 19 heavy (non-hydrogen) atoms. The van der Waals surface area contributed by atoms with E-state index < -0.39 is 17.8 Å². The summed E-state index contributed by atoms with van der Waals surface area (Å²) < 4.78 is 37.9. The first-order valence-electron chi connectivity index (χ1n) is 6.56. The SMILES string of the molecule is CC(C(=O)NC1CC1)N1CCC(O)(C(F)(F)F)CC1. The van der Waals surface area contributed by atoms with E-state index in [9.17, 15) is 23.1 Å². The predicted molar refractivity (Wildman–Crippen MR) is 62.4 cm³/mol. The van der Waals surface area contributed by atoms with E-state index in [2.05, 4.69) is 5.32 Å². The number of halogens is 3. The number of aliphatic hydroxyl groups is 1. The lowest BCUT2D eigenvalue weighted by Gasteiger charge is -2.40. The molecule has 0 radical (unpaired) electrons. The quantitative estimate of drug-likeness (QED) is 0.812. The molecule has 1 amide bonds. The van der Waals surface area contributed by atoms with Gasteiger partial charge < -0.3 is 10.4 Å². The summed E-state index contributed by atoms with van der Waals surface area (Å²) in [6, 6.07) is -0.203. The molecule has 0 aromatic carbocycles. The van der Waals surface area contributed by atoms with Gasteiger partial charge in [-0.1, -0.05) is 0 Å². The first kappa shape index (κ1) is 14.6. The largest absolute Gasteiger partial charge is 0.417 e. The van der Waals surface area contributed by atoms with Gasteiger partial charge in [-0.3, -0.25) is 9.69 Å². The highest BCUT2D eigenvalue weighted by atomic mass is 19.4. The fourth-order valence-electron chi connectivity index (χ4n) is 2.28. The molecule has 2 aliphatic rings. The van der Waals surface area contributed by atoms with Crippen LogP contribution in [0.3, 0.4) is 0 Å². The zero-order chi connectivity index (χ0) is 14.3. The van der Waals surface area contributed by atoms with E-state index in [0.29, 0.717) is 0 Å². The molecule has 2 N–H and O–H groups in total. The molecular formula is C12H19F3N2O2. The van der Waals surface area contributed by atoms with Gasteiger partial charge >= 0.3 is 6.18 Å². The minimum absolute atomic E-state index is 0.0786. The smallest absolute Gasteiger partial charge is 0.380 e. The molecule has 0 bridgehead atoms. The number of likely N-dealkylation sites (tertiary alicyclic amines) is 1. The van der Waals surface area contributed by atoms with E-state index in [0.717, 1.165) is 12.8 Å². The lowest BCUT2D eigenvalue weighted by Crippen LogP contribution is -2.57. The molecule has 1 unspecified atom stereocenters. The third-order valence-corrected chi connectivity index (χ3v) is 4.00. The molecule has 1 heterocycles. The van der Waals surface area contributed by atoms with Gasteiger partial charge in [0.2, 0.25) is 5.91 Å². The van der Waals surface area contributed by atoms with Crippen molar-refractivity contribution in [3.05, 3.63) is 0 Å². The molecule has 0 aromatic rings. The van der Waals surface area contributed by atoms with Crippen molar-refractivity contribution in [3.63, 3.8) is 0 Å². The number of carbonyl (C=O) groups is 1. The summed E-state index contributed by atoms with van der Waals surface area (Å²) in [5, 5.41) is 12.4. The van der Waals surface area contributed by atoms with Gasteiger partial charge in [-0.2, -0.15) is 13.2 Å². The van der Waals surface area contributed by atoms with Gasteiger partial charge in [-0.15, -0.1) is 0 Å². The summed E-state index contributed by atoms with van der Waals surface area (Å²) in [5.74, 6) is -0.139. The molecule has 1 atom stereocenters. The van der Waals surface area contributed by atoms with Crippen LogP contribution in [0.15, 0.2) is 0 Å². The number of nitrogens with zero attached hydrogens (tertiary/aromatic N) is 1. The van der Waals surface area contributed by atoms with Crippen molar-refractivity contribution in [1.29, 1.82) is 0 Å². The van der Waals surface area contributed by atoms with E-state index in [-0.39, 0.29) is 37.9 Å². The number of hydrogen-bond acceptors (Lipinski definition) is 3. The second-order valence-electron chi connectivity index (χ2n) is 5.52. The third kappa shape index (κ3) is 3.20. The number of piperidine rings is 1. The Hall–Kier alpha value is -0.820. The second-order valence-corrected chi connectivity index (χ2v) is 5.52. The Balaban J connectivity index is 1.86. The topological polar surface area (TPSA) is 52.6 Å². The van der Waals surface area contributed by atoms with Gasteiger partial charge in [0, 0.05) is 19.1 Å². The summed E-state index contributed by atoms with van der Waals surface area (Å²) in [5.41, 5.74) is -2.60. The Morgan fingerprint density at radius 3 is 2.32 bits per heavy atom. The van der Waals surface area contributed by atoms with Gasteiger partial charge in [0.25, 0.3) is 0 Å². The minimum atomic E-state index is -4.60. The molecule has 0 aromatic heterocycles. The molecule has 1 aliphatic heterocycles. The molecule has 1 saturated carbocycles. The molecule has 7 heteroatoms. The normalized spacial score (nSPS) is 25.9. The van der Waals surface area contributed by atoms with Crippen LogP contribution < -0.4 is 5.32 Å². The highest BCUT2D eigenvalue weighted by Gasteiger charge is 2.54. The standard InChI is InChI=1S/C12H19F3N2O2/c1-8(10(18)16-9-2-3-9)17-6-4-11(19,5-7-17)12(13,14)15/h8-9,19H,2-7H2,1H3,(H,16,18). The van der Waals surface area contributed by atoms with Crippen molar-refractivity contribution in [2.45, 2.75) is 56.5 Å². The van der Waals surface area contributed by atoms with Crippen LogP contribution in [0.4, 0.5) is 13.2 Å². The average molecular weight is 280 g/mol. The van der Waals surface area contributed by atoms with Crippen LogP contribution in [0.25, 0.3) is 0 Å². The second kappa shape index (κ2) is 4.94. The van der Waals surface area contributed by atoms with Crippen LogP contribution in [0.1, 0.15) is 32.6 Å². The summed E-state index contributed by atoms with van der Waals surface area (Å²) in [6.07, 6.45) is -3.40. The molecule has 1 saturated heterocycles. The van der Waals surface area contributed by atoms with Gasteiger partial charge in [0.15, 0.2) is 5.60 Å². The number of nitrogens with one attached hydrogen (secondary N) is 1. The summed E-state index contributed by atoms with van der Waals surface area (Å²) in [7, 11) is 0. The third-order valence-electron chi connectivity index (χ3n) is 4.00. The van der Waals surface area contributed by atoms with E-state index in [1.807, 2.05) is 0 Å². The van der Waals surface area contributed by atoms with Gasteiger partial charge in [-0.05, 0) is 32.6 Å². The first-order chi connectivity index (χ1) is 8.73. The maximum absolute atomic E-state index is 12.6. The molecule has 4 nitrogen and oxygen atoms in total. The summed E-state index contributed by atoms with van der Waals surface area (Å²) in [4.78, 5) is 13.5. The van der Waals surface area contributed by atoms with E-state index in [1.54, 1.807) is 11.8 Å². The summed E-state index contributed by atoms with van der Waals surface area (Å²) >= 11 is 0. The molecule has 110 valence electrons. The Morgan fingerprint density at radius 1 is 1.37 bits per heavy atom. The number of alkyl halides is 3. The highest BCUT2D eigenvalue weighted by molar-refractivity contribution is 5.81. The zero-order valence-corrected chi connectivity index (χ0v) is 10.8. The van der Waals surface area contributed by atoms with Crippen LogP contribution in [-0.4, -0.2) is 52.9 Å². The predicted octanol–water partition coefficient (Wildman–Crippen LogP) is 1.04. The van der Waals surface area contributed by atoms with Gasteiger partial charge in [0.1, 0.15) is 0 Å². The van der Waals surface area contributed by atoms with Crippen molar-refractivity contribution < 1.29 is 23.1 Å². The number of hydrogen-bond donors (Lipinski definition) is 2. The van der Waals surface area contributed by atoms with Crippen LogP contribution in [0, 0.1) is 0 Å². The molecular weight excluding hydrogens is 261 g/mol. The number of carbonyl (C=O) groups excluding carboxylic acids is 1. The number of amides is 1. The Bertz CT molecular complexity index is 347. The molecule has 0 spiro atoms. The summed E-state index contributed by atoms with van der Waals surface area (Å²) in [6.45, 7) is 1.85. The highest BCUT2D eigenvalue weighted by Crippen LogP contribution is 2.38. The fourth-order valence-corrected chi connectivity index (χ4v) is 2.28. The van der Waals surface area contributed by atoms with Crippen LogP contribution >= 0.6 is 0 Å². The van der Waals surface area contributed by atoms with Crippen molar-refractivity contribution in [2.75, 3.05) is 13.1 Å².